The SMILES string of the molecule is COc1ccc(-c2cnc3ncnn3c2N2CCCN(S(=O)(=O)c3cccc(Cl)c3)CC2)cc1OC. The molecule has 4 aromatic rings. The lowest BCUT2D eigenvalue weighted by Crippen LogP contribution is -2.35. The zero-order valence-electron chi connectivity index (χ0n) is 19.8. The zero-order chi connectivity index (χ0) is 25.3. The van der Waals surface area contributed by atoms with Crippen LogP contribution in [0.15, 0.2) is 59.9 Å². The van der Waals surface area contributed by atoms with Crippen LogP contribution in [0.3, 0.4) is 0 Å². The summed E-state index contributed by atoms with van der Waals surface area (Å²) in [7, 11) is -0.501. The van der Waals surface area contributed by atoms with E-state index >= 15 is 0 Å². The molecule has 1 saturated heterocycles. The van der Waals surface area contributed by atoms with Crippen LogP contribution in [-0.2, 0) is 10.0 Å². The third-order valence-corrected chi connectivity index (χ3v) is 8.29. The smallest absolute Gasteiger partial charge is 0.254 e. The largest absolute Gasteiger partial charge is 0.493 e. The van der Waals surface area contributed by atoms with Crippen molar-refractivity contribution in [1.29, 1.82) is 0 Å². The van der Waals surface area contributed by atoms with Crippen LogP contribution >= 0.6 is 11.6 Å². The van der Waals surface area contributed by atoms with Gasteiger partial charge in [-0.15, -0.1) is 0 Å². The van der Waals surface area contributed by atoms with E-state index in [0.717, 1.165) is 16.9 Å². The fourth-order valence-electron chi connectivity index (χ4n) is 4.40. The Hall–Kier alpha value is -3.41. The summed E-state index contributed by atoms with van der Waals surface area (Å²) in [5.41, 5.74) is 1.68. The summed E-state index contributed by atoms with van der Waals surface area (Å²) in [6.45, 7) is 1.78. The minimum atomic E-state index is -3.68. The molecule has 5 rings (SSSR count). The molecule has 2 aromatic heterocycles. The highest BCUT2D eigenvalue weighted by atomic mass is 35.5. The average molecular weight is 529 g/mol. The molecule has 1 aliphatic heterocycles. The van der Waals surface area contributed by atoms with Crippen molar-refractivity contribution < 1.29 is 17.9 Å². The van der Waals surface area contributed by atoms with E-state index in [1.165, 1.54) is 16.7 Å². The Balaban J connectivity index is 1.51. The van der Waals surface area contributed by atoms with E-state index in [0.29, 0.717) is 54.9 Å². The van der Waals surface area contributed by atoms with Crippen LogP contribution in [0.1, 0.15) is 6.42 Å². The van der Waals surface area contributed by atoms with Gasteiger partial charge in [-0.1, -0.05) is 23.7 Å². The first-order valence-corrected chi connectivity index (χ1v) is 13.2. The lowest BCUT2D eigenvalue weighted by Gasteiger charge is -2.26. The predicted molar refractivity (Wildman–Crippen MR) is 136 cm³/mol. The van der Waals surface area contributed by atoms with Crippen LogP contribution in [0.5, 0.6) is 11.5 Å². The average Bonchev–Trinajstić information content (AvgIpc) is 3.23. The van der Waals surface area contributed by atoms with Gasteiger partial charge in [-0.25, -0.2) is 13.4 Å². The summed E-state index contributed by atoms with van der Waals surface area (Å²) >= 11 is 6.06. The van der Waals surface area contributed by atoms with Crippen LogP contribution in [0, 0.1) is 0 Å². The lowest BCUT2D eigenvalue weighted by atomic mass is 10.1. The van der Waals surface area contributed by atoms with Crippen molar-refractivity contribution in [3.05, 3.63) is 60.0 Å². The van der Waals surface area contributed by atoms with Gasteiger partial charge in [0.2, 0.25) is 10.0 Å². The highest BCUT2D eigenvalue weighted by molar-refractivity contribution is 7.89. The minimum Gasteiger partial charge on any atom is -0.493 e. The van der Waals surface area contributed by atoms with Crippen LogP contribution in [0.4, 0.5) is 5.82 Å². The van der Waals surface area contributed by atoms with Crippen LogP contribution in [0.2, 0.25) is 5.02 Å². The second kappa shape index (κ2) is 9.92. The fraction of sp³-hybridized carbons (Fsp3) is 0.292. The number of sulfonamides is 1. The molecule has 3 heterocycles. The van der Waals surface area contributed by atoms with E-state index in [1.807, 2.05) is 18.2 Å². The Bertz CT molecular complexity index is 1510. The van der Waals surface area contributed by atoms with Crippen LogP contribution in [0.25, 0.3) is 16.9 Å². The first kappa shape index (κ1) is 24.3. The number of rotatable bonds is 6. The molecule has 0 radical (unpaired) electrons. The number of anilines is 1. The quantitative estimate of drug-likeness (QED) is 0.375. The number of methoxy groups -OCH3 is 2. The molecule has 0 aliphatic carbocycles. The van der Waals surface area contributed by atoms with Gasteiger partial charge in [0.25, 0.3) is 5.78 Å². The predicted octanol–water partition coefficient (Wildman–Crippen LogP) is 3.36. The van der Waals surface area contributed by atoms with Crippen molar-refractivity contribution in [3.8, 4) is 22.6 Å². The van der Waals surface area contributed by atoms with Crippen LogP contribution in [-0.4, -0.2) is 72.7 Å². The van der Waals surface area contributed by atoms with Gasteiger partial charge in [0, 0.05) is 43.0 Å². The molecule has 0 amide bonds. The molecule has 1 fully saturated rings. The third kappa shape index (κ3) is 4.45. The first-order chi connectivity index (χ1) is 17.4. The molecular formula is C24H25ClN6O4S. The number of aromatic nitrogens is 4. The number of benzene rings is 2. The van der Waals surface area contributed by atoms with Gasteiger partial charge >= 0.3 is 0 Å². The van der Waals surface area contributed by atoms with E-state index in [-0.39, 0.29) is 4.90 Å². The molecular weight excluding hydrogens is 504 g/mol. The van der Waals surface area contributed by atoms with E-state index in [1.54, 1.807) is 43.1 Å². The van der Waals surface area contributed by atoms with Gasteiger partial charge < -0.3 is 14.4 Å². The van der Waals surface area contributed by atoms with Crippen molar-refractivity contribution in [2.45, 2.75) is 11.3 Å². The van der Waals surface area contributed by atoms with E-state index in [2.05, 4.69) is 20.0 Å². The zero-order valence-corrected chi connectivity index (χ0v) is 21.4. The molecule has 0 atom stereocenters. The number of nitrogens with zero attached hydrogens (tertiary/aromatic N) is 6. The second-order valence-corrected chi connectivity index (χ2v) is 10.6. The Kier molecular flexibility index (Phi) is 6.69. The summed E-state index contributed by atoms with van der Waals surface area (Å²) in [6, 6.07) is 12.0. The highest BCUT2D eigenvalue weighted by Gasteiger charge is 2.29. The fourth-order valence-corrected chi connectivity index (χ4v) is 6.17. The van der Waals surface area contributed by atoms with Gasteiger partial charge in [-0.05, 0) is 42.3 Å². The first-order valence-electron chi connectivity index (χ1n) is 11.3. The molecule has 10 nitrogen and oxygen atoms in total. The van der Waals surface area contributed by atoms with E-state index < -0.39 is 10.0 Å². The van der Waals surface area contributed by atoms with Gasteiger partial charge in [-0.3, -0.25) is 0 Å². The molecule has 0 spiro atoms. The Morgan fingerprint density at radius 1 is 0.944 bits per heavy atom. The van der Waals surface area contributed by atoms with Crippen LogP contribution < -0.4 is 14.4 Å². The summed E-state index contributed by atoms with van der Waals surface area (Å²) in [5, 5.41) is 4.80. The molecule has 188 valence electrons. The Morgan fingerprint density at radius 2 is 1.78 bits per heavy atom. The van der Waals surface area contributed by atoms with Gasteiger partial charge in [-0.2, -0.15) is 18.9 Å². The number of ether oxygens (including phenoxy) is 2. The third-order valence-electron chi connectivity index (χ3n) is 6.16. The van der Waals surface area contributed by atoms with E-state index in [9.17, 15) is 8.42 Å². The number of halogens is 1. The number of hydrogen-bond acceptors (Lipinski definition) is 8. The number of fused-ring (bicyclic) bond motifs is 1. The molecule has 36 heavy (non-hydrogen) atoms. The molecule has 0 saturated carbocycles. The second-order valence-electron chi connectivity index (χ2n) is 8.24. The standard InChI is InChI=1S/C24H25ClN6O4S/c1-34-21-8-7-17(13-22(21)35-2)20-15-26-24-27-16-28-31(24)23(20)29-9-4-10-30(12-11-29)36(32,33)19-6-3-5-18(25)14-19/h3,5-8,13-16H,4,9-12H2,1-2H3. The topological polar surface area (TPSA) is 102 Å². The minimum absolute atomic E-state index is 0.192. The van der Waals surface area contributed by atoms with Crippen molar-refractivity contribution in [1.82, 2.24) is 23.9 Å². The van der Waals surface area contributed by atoms with Crippen molar-refractivity contribution in [2.75, 3.05) is 45.3 Å². The summed E-state index contributed by atoms with van der Waals surface area (Å²) in [4.78, 5) is 11.0. The molecule has 1 aliphatic rings. The Morgan fingerprint density at radius 3 is 2.56 bits per heavy atom. The monoisotopic (exact) mass is 528 g/mol. The normalized spacial score (nSPS) is 15.1. The lowest BCUT2D eigenvalue weighted by molar-refractivity contribution is 0.355. The summed E-state index contributed by atoms with van der Waals surface area (Å²) in [6.07, 6.45) is 3.84. The maximum absolute atomic E-state index is 13.3. The van der Waals surface area contributed by atoms with Gasteiger partial charge in [0.05, 0.1) is 19.1 Å². The molecule has 0 N–H and O–H groups in total. The molecule has 0 unspecified atom stereocenters. The summed E-state index contributed by atoms with van der Waals surface area (Å²) < 4.78 is 40.7. The maximum atomic E-state index is 13.3. The number of hydrogen-bond donors (Lipinski definition) is 0. The van der Waals surface area contributed by atoms with E-state index in [4.69, 9.17) is 21.1 Å². The van der Waals surface area contributed by atoms with Crippen molar-refractivity contribution in [2.24, 2.45) is 0 Å². The van der Waals surface area contributed by atoms with Gasteiger partial charge in [0.15, 0.2) is 11.5 Å². The molecule has 0 bridgehead atoms. The van der Waals surface area contributed by atoms with Crippen molar-refractivity contribution in [3.63, 3.8) is 0 Å². The highest BCUT2D eigenvalue weighted by Crippen LogP contribution is 2.37. The summed E-state index contributed by atoms with van der Waals surface area (Å²) in [5.74, 6) is 2.46. The van der Waals surface area contributed by atoms with Crippen molar-refractivity contribution >= 4 is 33.2 Å². The molecule has 2 aromatic carbocycles. The van der Waals surface area contributed by atoms with Gasteiger partial charge in [0.1, 0.15) is 12.1 Å². The molecule has 12 heteroatoms. The Labute approximate surface area is 214 Å². The maximum Gasteiger partial charge on any atom is 0.254 e.